The number of rotatable bonds is 1. The minimum atomic E-state index is 0. The Labute approximate surface area is 113 Å². The van der Waals surface area contributed by atoms with Crippen molar-refractivity contribution in [3.8, 4) is 11.3 Å². The van der Waals surface area contributed by atoms with Crippen molar-refractivity contribution in [3.63, 3.8) is 0 Å². The molecule has 0 saturated carbocycles. The molecule has 0 bridgehead atoms. The quantitative estimate of drug-likeness (QED) is 0.403. The first-order valence-corrected chi connectivity index (χ1v) is 5.25. The molecule has 2 rings (SSSR count). The molecule has 0 aliphatic rings. The van der Waals surface area contributed by atoms with Crippen LogP contribution in [-0.4, -0.2) is 4.98 Å². The van der Waals surface area contributed by atoms with Crippen LogP contribution in [-0.2, 0) is 35.0 Å². The summed E-state index contributed by atoms with van der Waals surface area (Å²) in [5.74, 6) is 0. The number of aromatic nitrogens is 1. The van der Waals surface area contributed by atoms with Crippen LogP contribution in [0.5, 0.6) is 0 Å². The molecule has 80 valence electrons. The van der Waals surface area contributed by atoms with Crippen molar-refractivity contribution >= 4 is 27.3 Å². The molecule has 0 aliphatic carbocycles. The van der Waals surface area contributed by atoms with E-state index in [1.807, 2.05) is 42.5 Å². The normalized spacial score (nSPS) is 9.40. The molecule has 2 aromatic rings. The van der Waals surface area contributed by atoms with E-state index in [9.17, 15) is 0 Å². The topological polar surface area (TPSA) is 12.9 Å². The average Bonchev–Trinajstić information content (AvgIpc) is 2.18. The summed E-state index contributed by atoms with van der Waals surface area (Å²) in [5.41, 5.74) is 2.88. The maximum Gasteiger partial charge on any atom is 1.00 e. The molecule has 1 unspecified atom stereocenters. The molecule has 0 amide bonds. The summed E-state index contributed by atoms with van der Waals surface area (Å²) in [7, 11) is 2.58. The molecule has 1 nitrogen and oxygen atoms in total. The smallest absolute Gasteiger partial charge is 0.779 e. The van der Waals surface area contributed by atoms with Crippen LogP contribution in [0.25, 0.3) is 11.3 Å². The monoisotopic (exact) mass is 415 g/mol. The summed E-state index contributed by atoms with van der Waals surface area (Å²) in [4.78, 5) is 5.24. The van der Waals surface area contributed by atoms with Crippen LogP contribution in [0.2, 0.25) is 0 Å². The van der Waals surface area contributed by atoms with Crippen LogP contribution in [0.15, 0.2) is 47.4 Å². The van der Waals surface area contributed by atoms with Gasteiger partial charge in [-0.3, -0.25) is 0 Å². The first kappa shape index (κ1) is 12.8. The Morgan fingerprint density at radius 2 is 1.73 bits per heavy atom. The van der Waals surface area contributed by atoms with Gasteiger partial charge in [-0.25, -0.2) is 4.98 Å². The molecular formula is C11H9AuNPS. The molecule has 0 saturated heterocycles. The van der Waals surface area contributed by atoms with Gasteiger partial charge < -0.3 is 12.6 Å². The number of pyridine rings is 1. The fourth-order valence-electron chi connectivity index (χ4n) is 1.28. The summed E-state index contributed by atoms with van der Waals surface area (Å²) in [5, 5.41) is 0. The minimum Gasteiger partial charge on any atom is -0.779 e. The standard InChI is InChI=1S/C11H10NPS.Au/c13-11-7-3-5-9(12-11)8-4-1-2-6-10(8)14;/h1-7,14H,13H2;/q;+1/p-1. The van der Waals surface area contributed by atoms with Crippen LogP contribution in [0.3, 0.4) is 0 Å². The summed E-state index contributed by atoms with van der Waals surface area (Å²) in [6.45, 7) is 0. The molecule has 0 fully saturated rings. The van der Waals surface area contributed by atoms with E-state index < -0.39 is 0 Å². The third-order valence-electron chi connectivity index (χ3n) is 1.93. The molecule has 1 heterocycles. The Bertz CT molecular complexity index is 462. The van der Waals surface area contributed by atoms with Gasteiger partial charge in [-0.1, -0.05) is 39.6 Å². The number of nitrogens with zero attached hydrogens (tertiary/aromatic N) is 1. The molecule has 1 aromatic heterocycles. The number of hydrogen-bond donors (Lipinski definition) is 0. The average molecular weight is 415 g/mol. The zero-order valence-corrected chi connectivity index (χ0v) is 11.9. The van der Waals surface area contributed by atoms with Gasteiger partial charge in [0, 0.05) is 0 Å². The van der Waals surface area contributed by atoms with E-state index in [0.717, 1.165) is 21.6 Å². The maximum atomic E-state index is 5.23. The zero-order chi connectivity index (χ0) is 9.97. The van der Waals surface area contributed by atoms with Gasteiger partial charge in [0.25, 0.3) is 0 Å². The third-order valence-corrected chi connectivity index (χ3v) is 2.61. The van der Waals surface area contributed by atoms with Gasteiger partial charge in [-0.2, -0.15) is 4.90 Å². The Kier molecular flexibility index (Phi) is 4.91. The van der Waals surface area contributed by atoms with Gasteiger partial charge in [0.2, 0.25) is 0 Å². The van der Waals surface area contributed by atoms with Gasteiger partial charge in [0.15, 0.2) is 0 Å². The minimum absolute atomic E-state index is 0. The van der Waals surface area contributed by atoms with Crippen molar-refractivity contribution in [3.05, 3.63) is 42.5 Å². The van der Waals surface area contributed by atoms with Crippen LogP contribution >= 0.6 is 9.24 Å². The molecule has 0 N–H and O–H groups in total. The van der Waals surface area contributed by atoms with Crippen LogP contribution < -0.4 is 5.44 Å². The summed E-state index contributed by atoms with van der Waals surface area (Å²) in [6.07, 6.45) is 0. The second kappa shape index (κ2) is 5.74. The predicted octanol–water partition coefficient (Wildman–Crippen LogP) is 2.15. The van der Waals surface area contributed by atoms with Crippen molar-refractivity contribution in [2.45, 2.75) is 4.90 Å². The Morgan fingerprint density at radius 3 is 2.40 bits per heavy atom. The first-order valence-electron chi connectivity index (χ1n) is 4.26. The Hall–Kier alpha value is -0.240. The van der Waals surface area contributed by atoms with E-state index in [2.05, 4.69) is 14.2 Å². The van der Waals surface area contributed by atoms with Crippen molar-refractivity contribution in [1.82, 2.24) is 4.98 Å². The van der Waals surface area contributed by atoms with Crippen LogP contribution in [0.4, 0.5) is 0 Å². The van der Waals surface area contributed by atoms with E-state index in [1.54, 1.807) is 0 Å². The molecule has 0 spiro atoms. The number of hydrogen-bond acceptors (Lipinski definition) is 2. The Morgan fingerprint density at radius 1 is 1.00 bits per heavy atom. The van der Waals surface area contributed by atoms with Crippen molar-refractivity contribution in [2.75, 3.05) is 0 Å². The van der Waals surface area contributed by atoms with Crippen LogP contribution in [0.1, 0.15) is 0 Å². The van der Waals surface area contributed by atoms with E-state index in [-0.39, 0.29) is 22.4 Å². The van der Waals surface area contributed by atoms with Crippen LogP contribution in [0, 0.1) is 0 Å². The predicted molar refractivity (Wildman–Crippen MR) is 64.6 cm³/mol. The summed E-state index contributed by atoms with van der Waals surface area (Å²) < 4.78 is 0. The van der Waals surface area contributed by atoms with Gasteiger partial charge in [0.1, 0.15) is 0 Å². The van der Waals surface area contributed by atoms with E-state index >= 15 is 0 Å². The molecule has 1 atom stereocenters. The summed E-state index contributed by atoms with van der Waals surface area (Å²) >= 11 is 5.23. The fourth-order valence-corrected chi connectivity index (χ4v) is 1.78. The third kappa shape index (κ3) is 3.10. The zero-order valence-electron chi connectivity index (χ0n) is 7.78. The van der Waals surface area contributed by atoms with E-state index in [1.165, 1.54) is 0 Å². The molecule has 0 radical (unpaired) electrons. The SMILES string of the molecule is Pc1cccc(-c2ccccc2[S-])n1.[Au+]. The van der Waals surface area contributed by atoms with Crippen molar-refractivity contribution in [1.29, 1.82) is 0 Å². The van der Waals surface area contributed by atoms with Crippen molar-refractivity contribution < 1.29 is 22.4 Å². The first-order chi connectivity index (χ1) is 6.77. The Balaban J connectivity index is 0.00000112. The second-order valence-corrected chi connectivity index (χ2v) is 3.98. The second-order valence-electron chi connectivity index (χ2n) is 2.94. The number of benzene rings is 1. The van der Waals surface area contributed by atoms with Gasteiger partial charge in [-0.15, -0.1) is 0 Å². The molecule has 4 heteroatoms. The molecular weight excluding hydrogens is 406 g/mol. The largest absolute Gasteiger partial charge is 1.00 e. The van der Waals surface area contributed by atoms with Gasteiger partial charge >= 0.3 is 22.4 Å². The molecule has 0 aliphatic heterocycles. The molecule has 1 aromatic carbocycles. The molecule has 15 heavy (non-hydrogen) atoms. The fraction of sp³-hybridized carbons (Fsp3) is 0. The summed E-state index contributed by atoms with van der Waals surface area (Å²) in [6, 6.07) is 13.7. The van der Waals surface area contributed by atoms with Crippen molar-refractivity contribution in [2.24, 2.45) is 0 Å². The van der Waals surface area contributed by atoms with E-state index in [0.29, 0.717) is 0 Å². The maximum absolute atomic E-state index is 5.23. The van der Waals surface area contributed by atoms with Gasteiger partial charge in [0.05, 0.1) is 11.1 Å². The van der Waals surface area contributed by atoms with Gasteiger partial charge in [-0.05, 0) is 17.7 Å². The van der Waals surface area contributed by atoms with E-state index in [4.69, 9.17) is 12.6 Å².